The second kappa shape index (κ2) is 19.0. The Bertz CT molecular complexity index is 1510. The number of hydrogen-bond acceptors (Lipinski definition) is 8. The van der Waals surface area contributed by atoms with E-state index in [-0.39, 0.29) is 37.1 Å². The van der Waals surface area contributed by atoms with Gasteiger partial charge in [0, 0.05) is 60.2 Å². The summed E-state index contributed by atoms with van der Waals surface area (Å²) in [5.41, 5.74) is 5.71. The Morgan fingerprint density at radius 1 is 0.540 bits per heavy atom. The van der Waals surface area contributed by atoms with Crippen LogP contribution in [0.15, 0.2) is 36.4 Å². The molecule has 0 spiro atoms. The number of phenols is 3. The summed E-state index contributed by atoms with van der Waals surface area (Å²) in [5.74, 6) is 0.578. The molecular weight excluding hydrogens is 632 g/mol. The molecule has 3 N–H and O–H groups in total. The summed E-state index contributed by atoms with van der Waals surface area (Å²) in [4.78, 5) is 22.5. The summed E-state index contributed by atoms with van der Waals surface area (Å²) in [6.45, 7) is 16.5. The predicted octanol–water partition coefficient (Wildman–Crippen LogP) is 8.30. The van der Waals surface area contributed by atoms with Crippen LogP contribution in [0, 0.1) is 0 Å². The molecule has 3 aromatic rings. The van der Waals surface area contributed by atoms with E-state index in [1.807, 2.05) is 58.0 Å². The highest BCUT2D eigenvalue weighted by molar-refractivity contribution is 5.58. The number of hydrogen-bond donors (Lipinski definition) is 3. The molecule has 0 saturated heterocycles. The molecule has 0 aromatic heterocycles. The van der Waals surface area contributed by atoms with Gasteiger partial charge in [0.2, 0.25) is 0 Å². The van der Waals surface area contributed by atoms with E-state index in [0.717, 1.165) is 46.0 Å². The molecule has 0 saturated carbocycles. The van der Waals surface area contributed by atoms with E-state index >= 15 is 0 Å². The molecule has 3 rings (SSSR count). The SMILES string of the molecule is CCOCc1cc(C(C)(C)C(C)(c2cc(CCCC=O)c(O)c(CCCC=O)c2)c2cc(COCC)c(O)c(COCC)c2)cc(CC)c1O. The molecule has 0 heterocycles. The third-order valence-corrected chi connectivity index (χ3v) is 10.2. The van der Waals surface area contributed by atoms with Gasteiger partial charge in [-0.05, 0) is 104 Å². The second-order valence-corrected chi connectivity index (χ2v) is 13.6. The Morgan fingerprint density at radius 2 is 0.880 bits per heavy atom. The number of carbonyl (C=O) groups is 2. The molecule has 0 aliphatic carbocycles. The molecule has 0 fully saturated rings. The zero-order valence-corrected chi connectivity index (χ0v) is 31.2. The molecule has 0 amide bonds. The molecule has 50 heavy (non-hydrogen) atoms. The van der Waals surface area contributed by atoms with E-state index in [1.54, 1.807) is 0 Å². The summed E-state index contributed by atoms with van der Waals surface area (Å²) in [5, 5.41) is 34.1. The number of rotatable bonds is 22. The molecule has 0 radical (unpaired) electrons. The minimum Gasteiger partial charge on any atom is -0.507 e. The van der Waals surface area contributed by atoms with Crippen molar-refractivity contribution in [3.63, 3.8) is 0 Å². The van der Waals surface area contributed by atoms with Crippen LogP contribution >= 0.6 is 0 Å². The van der Waals surface area contributed by atoms with Gasteiger partial charge >= 0.3 is 0 Å². The molecule has 3 aromatic carbocycles. The monoisotopic (exact) mass is 690 g/mol. The lowest BCUT2D eigenvalue weighted by molar-refractivity contribution is -0.108. The first-order chi connectivity index (χ1) is 23.9. The van der Waals surface area contributed by atoms with Crippen LogP contribution < -0.4 is 0 Å². The Balaban J connectivity index is 2.49. The number of carbonyl (C=O) groups excluding carboxylic acids is 2. The highest BCUT2D eigenvalue weighted by atomic mass is 16.5. The zero-order chi connectivity index (χ0) is 36.9. The van der Waals surface area contributed by atoms with E-state index < -0.39 is 10.8 Å². The number of ether oxygens (including phenoxy) is 3. The van der Waals surface area contributed by atoms with Crippen LogP contribution in [0.5, 0.6) is 17.2 Å². The fourth-order valence-electron chi connectivity index (χ4n) is 6.76. The van der Waals surface area contributed by atoms with Crippen LogP contribution in [-0.2, 0) is 73.7 Å². The lowest BCUT2D eigenvalue weighted by Crippen LogP contribution is -2.44. The van der Waals surface area contributed by atoms with Gasteiger partial charge in [-0.25, -0.2) is 0 Å². The van der Waals surface area contributed by atoms with Crippen molar-refractivity contribution in [1.29, 1.82) is 0 Å². The van der Waals surface area contributed by atoms with Crippen molar-refractivity contribution in [1.82, 2.24) is 0 Å². The average molecular weight is 691 g/mol. The lowest BCUT2D eigenvalue weighted by Gasteiger charge is -2.47. The van der Waals surface area contributed by atoms with Crippen molar-refractivity contribution in [3.05, 3.63) is 86.5 Å². The quantitative estimate of drug-likeness (QED) is 0.0711. The van der Waals surface area contributed by atoms with Crippen LogP contribution in [-0.4, -0.2) is 47.7 Å². The standard InChI is InChI=1S/C42H58O8/c1-8-29-20-35(23-32(38(29)45)26-48-9-2)41(5,6)42(7,37-24-33(27-49-10-3)40(47)34(25-37)28-50-11-4)36-21-30(16-12-14-18-43)39(46)31(22-36)17-13-15-19-44/h18-25,45-47H,8-17,26-28H2,1-7H3. The molecule has 0 bridgehead atoms. The number of benzene rings is 3. The molecule has 1 unspecified atom stereocenters. The van der Waals surface area contributed by atoms with Crippen LogP contribution in [0.25, 0.3) is 0 Å². The number of unbranched alkanes of at least 4 members (excludes halogenated alkanes) is 2. The molecule has 0 aliphatic rings. The zero-order valence-electron chi connectivity index (χ0n) is 31.2. The van der Waals surface area contributed by atoms with Gasteiger partial charge in [0.25, 0.3) is 0 Å². The van der Waals surface area contributed by atoms with Crippen molar-refractivity contribution in [2.24, 2.45) is 0 Å². The van der Waals surface area contributed by atoms with Crippen molar-refractivity contribution in [2.45, 2.75) is 124 Å². The molecular formula is C42H58O8. The van der Waals surface area contributed by atoms with Crippen LogP contribution in [0.4, 0.5) is 0 Å². The topological polar surface area (TPSA) is 123 Å². The number of aromatic hydroxyl groups is 3. The fraction of sp³-hybridized carbons (Fsp3) is 0.524. The normalized spacial score (nSPS) is 12.9. The van der Waals surface area contributed by atoms with E-state index in [0.29, 0.717) is 81.5 Å². The van der Waals surface area contributed by atoms with Crippen molar-refractivity contribution < 1.29 is 39.1 Å². The third kappa shape index (κ3) is 9.14. The van der Waals surface area contributed by atoms with Gasteiger partial charge < -0.3 is 39.1 Å². The minimum atomic E-state index is -0.806. The van der Waals surface area contributed by atoms with Gasteiger partial charge in [0.05, 0.1) is 19.8 Å². The van der Waals surface area contributed by atoms with Crippen LogP contribution in [0.1, 0.15) is 124 Å². The summed E-state index contributed by atoms with van der Waals surface area (Å²) < 4.78 is 17.5. The van der Waals surface area contributed by atoms with Gasteiger partial charge in [-0.2, -0.15) is 0 Å². The summed E-state index contributed by atoms with van der Waals surface area (Å²) in [7, 11) is 0. The Labute approximate surface area is 298 Å². The molecule has 8 heteroatoms. The fourth-order valence-corrected chi connectivity index (χ4v) is 6.76. The lowest BCUT2D eigenvalue weighted by atomic mass is 9.56. The van der Waals surface area contributed by atoms with Crippen molar-refractivity contribution in [2.75, 3.05) is 19.8 Å². The Kier molecular flexibility index (Phi) is 15.5. The maximum atomic E-state index is 11.5. The van der Waals surface area contributed by atoms with Gasteiger partial charge in [0.15, 0.2) is 0 Å². The first-order valence-electron chi connectivity index (χ1n) is 18.1. The van der Waals surface area contributed by atoms with E-state index in [2.05, 4.69) is 26.8 Å². The van der Waals surface area contributed by atoms with Gasteiger partial charge in [-0.3, -0.25) is 0 Å². The average Bonchev–Trinajstić information content (AvgIpc) is 3.11. The number of aldehydes is 2. The van der Waals surface area contributed by atoms with Gasteiger partial charge in [-0.15, -0.1) is 0 Å². The van der Waals surface area contributed by atoms with Crippen molar-refractivity contribution in [3.8, 4) is 17.2 Å². The van der Waals surface area contributed by atoms with Crippen molar-refractivity contribution >= 4 is 12.6 Å². The number of aryl methyl sites for hydroxylation is 3. The molecule has 1 atom stereocenters. The van der Waals surface area contributed by atoms with Gasteiger partial charge in [0.1, 0.15) is 29.8 Å². The maximum Gasteiger partial charge on any atom is 0.126 e. The highest BCUT2D eigenvalue weighted by Gasteiger charge is 2.46. The molecule has 0 aliphatic heterocycles. The minimum absolute atomic E-state index is 0.141. The van der Waals surface area contributed by atoms with Crippen LogP contribution in [0.3, 0.4) is 0 Å². The summed E-state index contributed by atoms with van der Waals surface area (Å²) >= 11 is 0. The first kappa shape index (κ1) is 40.7. The first-order valence-corrected chi connectivity index (χ1v) is 18.1. The summed E-state index contributed by atoms with van der Waals surface area (Å²) in [6, 6.07) is 12.2. The van der Waals surface area contributed by atoms with Gasteiger partial charge in [-0.1, -0.05) is 45.9 Å². The highest BCUT2D eigenvalue weighted by Crippen LogP contribution is 2.52. The Hall–Kier alpha value is -3.72. The second-order valence-electron chi connectivity index (χ2n) is 13.6. The Morgan fingerprint density at radius 3 is 1.26 bits per heavy atom. The largest absolute Gasteiger partial charge is 0.507 e. The third-order valence-electron chi connectivity index (χ3n) is 10.2. The summed E-state index contributed by atoms with van der Waals surface area (Å²) in [6.07, 6.45) is 5.36. The van der Waals surface area contributed by atoms with E-state index in [1.165, 1.54) is 0 Å². The number of phenolic OH excluding ortho intramolecular Hbond substituents is 3. The predicted molar refractivity (Wildman–Crippen MR) is 197 cm³/mol. The maximum absolute atomic E-state index is 11.5. The van der Waals surface area contributed by atoms with Crippen LogP contribution in [0.2, 0.25) is 0 Å². The molecule has 274 valence electrons. The van der Waals surface area contributed by atoms with E-state index in [9.17, 15) is 24.9 Å². The molecule has 8 nitrogen and oxygen atoms in total. The van der Waals surface area contributed by atoms with E-state index in [4.69, 9.17) is 14.2 Å². The smallest absolute Gasteiger partial charge is 0.126 e.